The number of nitrogens with one attached hydrogen (secondary N) is 1. The van der Waals surface area contributed by atoms with Crippen molar-refractivity contribution in [2.24, 2.45) is 0 Å². The van der Waals surface area contributed by atoms with E-state index in [2.05, 4.69) is 5.32 Å². The summed E-state index contributed by atoms with van der Waals surface area (Å²) in [6.45, 7) is 5.39. The average Bonchev–Trinajstić information content (AvgIpc) is 2.66. The Morgan fingerprint density at radius 1 is 1.21 bits per heavy atom. The van der Waals surface area contributed by atoms with Gasteiger partial charge in [-0.1, -0.05) is 42.6 Å². The first-order valence-electron chi connectivity index (χ1n) is 9.41. The Kier molecular flexibility index (Phi) is 7.93. The van der Waals surface area contributed by atoms with Crippen molar-refractivity contribution >= 4 is 33.2 Å². The number of amides is 1. The number of hydrogen-bond donors (Lipinski definition) is 1. The van der Waals surface area contributed by atoms with Crippen molar-refractivity contribution in [1.82, 2.24) is 5.32 Å². The summed E-state index contributed by atoms with van der Waals surface area (Å²) in [6, 6.07) is 11.1. The predicted molar refractivity (Wildman–Crippen MR) is 116 cm³/mol. The maximum Gasteiger partial charge on any atom is 0.264 e. The molecule has 2 aromatic carbocycles. The molecular weight excluding hydrogens is 412 g/mol. The lowest BCUT2D eigenvalue weighted by Crippen LogP contribution is -2.43. The SMILES string of the molecule is CCC[C@@H](C)NC(=O)CN(c1cc(Cl)ccc1OC)S(=O)(=O)c1ccc(C)cc1. The molecule has 0 aliphatic carbocycles. The molecule has 0 radical (unpaired) electrons. The monoisotopic (exact) mass is 438 g/mol. The summed E-state index contributed by atoms with van der Waals surface area (Å²) in [4.78, 5) is 12.7. The lowest BCUT2D eigenvalue weighted by molar-refractivity contribution is -0.120. The number of carbonyl (C=O) groups excluding carboxylic acids is 1. The second kappa shape index (κ2) is 9.98. The molecule has 0 heterocycles. The molecule has 0 aliphatic rings. The Morgan fingerprint density at radius 2 is 1.86 bits per heavy atom. The van der Waals surface area contributed by atoms with Gasteiger partial charge in [0.15, 0.2) is 0 Å². The van der Waals surface area contributed by atoms with E-state index in [0.29, 0.717) is 10.8 Å². The van der Waals surface area contributed by atoms with Crippen LogP contribution in [0.25, 0.3) is 0 Å². The van der Waals surface area contributed by atoms with Crippen LogP contribution in [0.2, 0.25) is 5.02 Å². The molecule has 0 saturated carbocycles. The van der Waals surface area contributed by atoms with Crippen LogP contribution >= 0.6 is 11.6 Å². The van der Waals surface area contributed by atoms with E-state index < -0.39 is 15.9 Å². The Morgan fingerprint density at radius 3 is 2.45 bits per heavy atom. The molecule has 2 aromatic rings. The summed E-state index contributed by atoms with van der Waals surface area (Å²) in [6.07, 6.45) is 1.71. The quantitative estimate of drug-likeness (QED) is 0.637. The maximum absolute atomic E-state index is 13.4. The fourth-order valence-electron chi connectivity index (χ4n) is 2.95. The number of methoxy groups -OCH3 is 1. The molecule has 0 saturated heterocycles. The number of aryl methyl sites for hydroxylation is 1. The zero-order chi connectivity index (χ0) is 21.6. The summed E-state index contributed by atoms with van der Waals surface area (Å²) >= 11 is 6.12. The van der Waals surface area contributed by atoms with Gasteiger partial charge in [0, 0.05) is 11.1 Å². The first kappa shape index (κ1) is 23.0. The number of anilines is 1. The summed E-state index contributed by atoms with van der Waals surface area (Å²) < 4.78 is 33.2. The molecule has 2 rings (SSSR count). The number of nitrogens with zero attached hydrogens (tertiary/aromatic N) is 1. The van der Waals surface area contributed by atoms with Gasteiger partial charge in [-0.25, -0.2) is 8.42 Å². The molecule has 158 valence electrons. The van der Waals surface area contributed by atoms with E-state index in [9.17, 15) is 13.2 Å². The third-order valence-electron chi connectivity index (χ3n) is 4.43. The summed E-state index contributed by atoms with van der Waals surface area (Å²) in [5.41, 5.74) is 1.14. The molecule has 0 aromatic heterocycles. The minimum absolute atomic E-state index is 0.0577. The number of hydrogen-bond acceptors (Lipinski definition) is 4. The maximum atomic E-state index is 13.4. The molecule has 8 heteroatoms. The summed E-state index contributed by atoms with van der Waals surface area (Å²) in [5.74, 6) is -0.0943. The first-order valence-corrected chi connectivity index (χ1v) is 11.2. The van der Waals surface area contributed by atoms with Gasteiger partial charge in [-0.2, -0.15) is 0 Å². The van der Waals surface area contributed by atoms with Crippen molar-refractivity contribution < 1.29 is 17.9 Å². The third kappa shape index (κ3) is 5.87. The van der Waals surface area contributed by atoms with Gasteiger partial charge in [0.25, 0.3) is 10.0 Å². The molecule has 1 N–H and O–H groups in total. The molecule has 1 atom stereocenters. The van der Waals surface area contributed by atoms with Crippen molar-refractivity contribution in [3.8, 4) is 5.75 Å². The molecule has 0 aliphatic heterocycles. The lowest BCUT2D eigenvalue weighted by atomic mass is 10.2. The van der Waals surface area contributed by atoms with Gasteiger partial charge in [0.1, 0.15) is 12.3 Å². The van der Waals surface area contributed by atoms with Crippen LogP contribution in [-0.2, 0) is 14.8 Å². The molecule has 0 bridgehead atoms. The van der Waals surface area contributed by atoms with Crippen LogP contribution in [0.15, 0.2) is 47.4 Å². The summed E-state index contributed by atoms with van der Waals surface area (Å²) in [7, 11) is -2.59. The van der Waals surface area contributed by atoms with E-state index in [1.807, 2.05) is 20.8 Å². The molecule has 0 unspecified atom stereocenters. The highest BCUT2D eigenvalue weighted by atomic mass is 35.5. The highest BCUT2D eigenvalue weighted by Crippen LogP contribution is 2.34. The van der Waals surface area contributed by atoms with Gasteiger partial charge in [-0.15, -0.1) is 0 Å². The largest absolute Gasteiger partial charge is 0.495 e. The van der Waals surface area contributed by atoms with Crippen LogP contribution in [0.3, 0.4) is 0 Å². The van der Waals surface area contributed by atoms with Crippen LogP contribution in [0.5, 0.6) is 5.75 Å². The van der Waals surface area contributed by atoms with Gasteiger partial charge in [-0.3, -0.25) is 9.10 Å². The molecule has 29 heavy (non-hydrogen) atoms. The van der Waals surface area contributed by atoms with Gasteiger partial charge in [0.2, 0.25) is 5.91 Å². The third-order valence-corrected chi connectivity index (χ3v) is 6.44. The topological polar surface area (TPSA) is 75.7 Å². The summed E-state index contributed by atoms with van der Waals surface area (Å²) in [5, 5.41) is 3.18. The number of ether oxygens (including phenoxy) is 1. The molecule has 0 fully saturated rings. The Hall–Kier alpha value is -2.25. The number of benzene rings is 2. The second-order valence-corrected chi connectivity index (χ2v) is 9.20. The van der Waals surface area contributed by atoms with Gasteiger partial charge >= 0.3 is 0 Å². The normalized spacial score (nSPS) is 12.3. The van der Waals surface area contributed by atoms with Crippen LogP contribution in [0.4, 0.5) is 5.69 Å². The molecule has 6 nitrogen and oxygen atoms in total. The van der Waals surface area contributed by atoms with Gasteiger partial charge < -0.3 is 10.1 Å². The van der Waals surface area contributed by atoms with Crippen LogP contribution in [0, 0.1) is 6.92 Å². The van der Waals surface area contributed by atoms with Gasteiger partial charge in [0.05, 0.1) is 17.7 Å². The first-order chi connectivity index (χ1) is 13.7. The lowest BCUT2D eigenvalue weighted by Gasteiger charge is -2.26. The van der Waals surface area contributed by atoms with Crippen molar-refractivity contribution in [2.45, 2.75) is 44.6 Å². The minimum atomic E-state index is -4.03. The van der Waals surface area contributed by atoms with Crippen molar-refractivity contribution in [3.63, 3.8) is 0 Å². The Bertz CT molecular complexity index is 946. The zero-order valence-electron chi connectivity index (χ0n) is 17.1. The number of rotatable bonds is 9. The van der Waals surface area contributed by atoms with E-state index in [0.717, 1.165) is 22.7 Å². The number of carbonyl (C=O) groups is 1. The molecule has 0 spiro atoms. The fourth-order valence-corrected chi connectivity index (χ4v) is 4.54. The van der Waals surface area contributed by atoms with Crippen molar-refractivity contribution in [3.05, 3.63) is 53.1 Å². The fraction of sp³-hybridized carbons (Fsp3) is 0.381. The number of halogens is 1. The van der Waals surface area contributed by atoms with E-state index in [4.69, 9.17) is 16.3 Å². The minimum Gasteiger partial charge on any atom is -0.495 e. The average molecular weight is 439 g/mol. The van der Waals surface area contributed by atoms with Crippen molar-refractivity contribution in [1.29, 1.82) is 0 Å². The van der Waals surface area contributed by atoms with E-state index >= 15 is 0 Å². The zero-order valence-corrected chi connectivity index (χ0v) is 18.7. The predicted octanol–water partition coefficient (Wildman–Crippen LogP) is 4.16. The Balaban J connectivity index is 2.50. The van der Waals surface area contributed by atoms with E-state index in [1.54, 1.807) is 24.3 Å². The molecular formula is C21H27ClN2O4S. The number of sulfonamides is 1. The Labute approximate surface area is 177 Å². The highest BCUT2D eigenvalue weighted by molar-refractivity contribution is 7.92. The smallest absolute Gasteiger partial charge is 0.264 e. The second-order valence-electron chi connectivity index (χ2n) is 6.90. The highest BCUT2D eigenvalue weighted by Gasteiger charge is 2.30. The standard InChI is InChI=1S/C21H27ClN2O4S/c1-5-6-16(3)23-21(25)14-24(19-13-17(22)9-12-20(19)28-4)29(26,27)18-10-7-15(2)8-11-18/h7-13,16H,5-6,14H2,1-4H3,(H,23,25)/t16-/m1/s1. The van der Waals surface area contributed by atoms with Crippen LogP contribution in [-0.4, -0.2) is 34.0 Å². The van der Waals surface area contributed by atoms with E-state index in [1.165, 1.54) is 25.3 Å². The molecule has 1 amide bonds. The van der Waals surface area contributed by atoms with Crippen molar-refractivity contribution in [2.75, 3.05) is 18.0 Å². The van der Waals surface area contributed by atoms with Crippen LogP contribution in [0.1, 0.15) is 32.3 Å². The van der Waals surface area contributed by atoms with E-state index in [-0.39, 0.29) is 23.2 Å². The van der Waals surface area contributed by atoms with Gasteiger partial charge in [-0.05, 0) is 50.6 Å². The van der Waals surface area contributed by atoms with Crippen LogP contribution < -0.4 is 14.4 Å².